The molecule has 122 valence electrons. The molecule has 3 heterocycles. The van der Waals surface area contributed by atoms with Crippen LogP contribution in [0.2, 0.25) is 0 Å². The van der Waals surface area contributed by atoms with Gasteiger partial charge in [-0.25, -0.2) is 0 Å². The minimum atomic E-state index is 0. The number of hydrogen-bond donors (Lipinski definition) is 1. The Hall–Kier alpha value is -0.420. The van der Waals surface area contributed by atoms with E-state index in [1.54, 1.807) is 0 Å². The minimum absolute atomic E-state index is 0. The molecule has 0 aromatic heterocycles. The quantitative estimate of drug-likeness (QED) is 0.893. The van der Waals surface area contributed by atoms with Crippen molar-refractivity contribution in [1.29, 1.82) is 0 Å². The lowest BCUT2D eigenvalue weighted by atomic mass is 9.97. The second-order valence-corrected chi connectivity index (χ2v) is 8.05. The Morgan fingerprint density at radius 1 is 1.27 bits per heavy atom. The molecule has 0 bridgehead atoms. The average Bonchev–Trinajstić information content (AvgIpc) is 2.98. The third kappa shape index (κ3) is 3.25. The van der Waals surface area contributed by atoms with Gasteiger partial charge in [0.1, 0.15) is 0 Å². The number of para-hydroxylation sites is 1. The van der Waals surface area contributed by atoms with E-state index in [-0.39, 0.29) is 12.4 Å². The SMILES string of the molecule is Cl.c1cc2c(c(CN3CCSC4(CCOCC4)C3)c1)NCC2. The molecule has 5 heteroatoms. The zero-order valence-electron chi connectivity index (χ0n) is 13.0. The van der Waals surface area contributed by atoms with Gasteiger partial charge in [-0.3, -0.25) is 4.90 Å². The number of benzene rings is 1. The van der Waals surface area contributed by atoms with Crippen molar-refractivity contribution >= 4 is 29.9 Å². The van der Waals surface area contributed by atoms with Crippen molar-refractivity contribution in [3.63, 3.8) is 0 Å². The van der Waals surface area contributed by atoms with Crippen molar-refractivity contribution in [3.8, 4) is 0 Å². The highest BCUT2D eigenvalue weighted by Crippen LogP contribution is 2.40. The van der Waals surface area contributed by atoms with Gasteiger partial charge in [-0.05, 0) is 30.4 Å². The number of rotatable bonds is 2. The summed E-state index contributed by atoms with van der Waals surface area (Å²) in [4.78, 5) is 2.66. The first-order chi connectivity index (χ1) is 10.3. The summed E-state index contributed by atoms with van der Waals surface area (Å²) in [5, 5.41) is 3.58. The first-order valence-electron chi connectivity index (χ1n) is 8.13. The monoisotopic (exact) mass is 340 g/mol. The largest absolute Gasteiger partial charge is 0.384 e. The van der Waals surface area contributed by atoms with Gasteiger partial charge >= 0.3 is 0 Å². The van der Waals surface area contributed by atoms with Crippen LogP contribution in [-0.4, -0.2) is 48.2 Å². The summed E-state index contributed by atoms with van der Waals surface area (Å²) < 4.78 is 6.03. The van der Waals surface area contributed by atoms with E-state index in [0.29, 0.717) is 4.75 Å². The maximum atomic E-state index is 5.57. The number of halogens is 1. The van der Waals surface area contributed by atoms with Crippen LogP contribution < -0.4 is 5.32 Å². The fourth-order valence-corrected chi connectivity index (χ4v) is 5.40. The van der Waals surface area contributed by atoms with Crippen LogP contribution in [0.3, 0.4) is 0 Å². The lowest BCUT2D eigenvalue weighted by Crippen LogP contribution is -2.49. The number of fused-ring (bicyclic) bond motifs is 1. The third-order valence-corrected chi connectivity index (χ3v) is 6.60. The van der Waals surface area contributed by atoms with Gasteiger partial charge in [-0.1, -0.05) is 18.2 Å². The first kappa shape index (κ1) is 16.4. The molecule has 0 radical (unpaired) electrons. The lowest BCUT2D eigenvalue weighted by molar-refractivity contribution is 0.0625. The van der Waals surface area contributed by atoms with Crippen LogP contribution in [-0.2, 0) is 17.7 Å². The summed E-state index contributed by atoms with van der Waals surface area (Å²) in [7, 11) is 0. The summed E-state index contributed by atoms with van der Waals surface area (Å²) in [6.07, 6.45) is 3.62. The molecule has 3 aliphatic heterocycles. The lowest BCUT2D eigenvalue weighted by Gasteiger charge is -2.44. The van der Waals surface area contributed by atoms with Crippen LogP contribution in [0.4, 0.5) is 5.69 Å². The summed E-state index contributed by atoms with van der Waals surface area (Å²) in [6.45, 7) is 6.54. The van der Waals surface area contributed by atoms with Crippen molar-refractivity contribution in [2.75, 3.05) is 43.9 Å². The summed E-state index contributed by atoms with van der Waals surface area (Å²) in [5.41, 5.74) is 4.40. The Labute approximate surface area is 143 Å². The molecule has 0 amide bonds. The van der Waals surface area contributed by atoms with Crippen molar-refractivity contribution < 1.29 is 4.74 Å². The molecule has 1 aromatic carbocycles. The van der Waals surface area contributed by atoms with Gasteiger partial charge in [0, 0.05) is 55.6 Å². The van der Waals surface area contributed by atoms with Crippen LogP contribution >= 0.6 is 24.2 Å². The zero-order valence-corrected chi connectivity index (χ0v) is 14.6. The van der Waals surface area contributed by atoms with Crippen LogP contribution in [0, 0.1) is 0 Å². The smallest absolute Gasteiger partial charge is 0.0479 e. The number of ether oxygens (including phenoxy) is 1. The fourth-order valence-electron chi connectivity index (χ4n) is 3.89. The van der Waals surface area contributed by atoms with E-state index >= 15 is 0 Å². The second kappa shape index (κ2) is 7.00. The van der Waals surface area contributed by atoms with Gasteiger partial charge in [0.2, 0.25) is 0 Å². The molecule has 2 fully saturated rings. The van der Waals surface area contributed by atoms with E-state index in [1.807, 2.05) is 0 Å². The molecule has 1 aromatic rings. The van der Waals surface area contributed by atoms with Gasteiger partial charge in [-0.2, -0.15) is 11.8 Å². The van der Waals surface area contributed by atoms with Gasteiger partial charge in [0.05, 0.1) is 0 Å². The number of thioether (sulfide) groups is 1. The maximum Gasteiger partial charge on any atom is 0.0479 e. The topological polar surface area (TPSA) is 24.5 Å². The van der Waals surface area contributed by atoms with Gasteiger partial charge < -0.3 is 10.1 Å². The number of hydrogen-bond acceptors (Lipinski definition) is 4. The van der Waals surface area contributed by atoms with Crippen molar-refractivity contribution in [1.82, 2.24) is 4.90 Å². The van der Waals surface area contributed by atoms with E-state index < -0.39 is 0 Å². The predicted molar refractivity (Wildman–Crippen MR) is 96.4 cm³/mol. The highest BCUT2D eigenvalue weighted by molar-refractivity contribution is 8.00. The molecule has 3 nitrogen and oxygen atoms in total. The van der Waals surface area contributed by atoms with Crippen LogP contribution in [0.25, 0.3) is 0 Å². The molecule has 2 saturated heterocycles. The van der Waals surface area contributed by atoms with Crippen molar-refractivity contribution in [2.24, 2.45) is 0 Å². The van der Waals surface area contributed by atoms with Gasteiger partial charge in [-0.15, -0.1) is 12.4 Å². The molecule has 0 unspecified atom stereocenters. The molecule has 0 aliphatic carbocycles. The highest BCUT2D eigenvalue weighted by atomic mass is 35.5. The summed E-state index contributed by atoms with van der Waals surface area (Å²) in [6, 6.07) is 6.80. The number of anilines is 1. The third-order valence-electron chi connectivity index (χ3n) is 5.06. The molecule has 1 N–H and O–H groups in total. The molecule has 22 heavy (non-hydrogen) atoms. The summed E-state index contributed by atoms with van der Waals surface area (Å²) >= 11 is 2.19. The molecular formula is C17H25ClN2OS. The zero-order chi connectivity index (χ0) is 14.1. The van der Waals surface area contributed by atoms with E-state index in [4.69, 9.17) is 4.74 Å². The molecule has 4 rings (SSSR count). The highest BCUT2D eigenvalue weighted by Gasteiger charge is 2.37. The van der Waals surface area contributed by atoms with E-state index in [9.17, 15) is 0 Å². The minimum Gasteiger partial charge on any atom is -0.384 e. The van der Waals surface area contributed by atoms with E-state index in [2.05, 4.69) is 40.2 Å². The second-order valence-electron chi connectivity index (χ2n) is 6.48. The number of nitrogens with zero attached hydrogens (tertiary/aromatic N) is 1. The predicted octanol–water partition coefficient (Wildman–Crippen LogP) is 3.17. The standard InChI is InChI=1S/C17H24N2OS.ClH/c1-2-14-4-7-18-16(14)15(3-1)12-19-8-11-21-17(13-19)5-9-20-10-6-17;/h1-3,18H,4-13H2;1H. The van der Waals surface area contributed by atoms with Crippen molar-refractivity contribution in [3.05, 3.63) is 29.3 Å². The molecule has 0 saturated carbocycles. The van der Waals surface area contributed by atoms with E-state index in [1.165, 1.54) is 54.9 Å². The van der Waals surface area contributed by atoms with Gasteiger partial charge in [0.25, 0.3) is 0 Å². The van der Waals surface area contributed by atoms with Crippen LogP contribution in [0.5, 0.6) is 0 Å². The Morgan fingerprint density at radius 2 is 2.14 bits per heavy atom. The maximum absolute atomic E-state index is 5.57. The normalized spacial score (nSPS) is 23.6. The Bertz CT molecular complexity index is 514. The van der Waals surface area contributed by atoms with Crippen molar-refractivity contribution in [2.45, 2.75) is 30.6 Å². The molecule has 1 spiro atoms. The van der Waals surface area contributed by atoms with Crippen LogP contribution in [0.15, 0.2) is 18.2 Å². The Morgan fingerprint density at radius 3 is 3.00 bits per heavy atom. The molecule has 0 atom stereocenters. The van der Waals surface area contributed by atoms with Gasteiger partial charge in [0.15, 0.2) is 0 Å². The Kier molecular flexibility index (Phi) is 5.23. The average molecular weight is 341 g/mol. The fraction of sp³-hybridized carbons (Fsp3) is 0.647. The van der Waals surface area contributed by atoms with E-state index in [0.717, 1.165) is 26.3 Å². The first-order valence-corrected chi connectivity index (χ1v) is 9.12. The number of nitrogens with one attached hydrogen (secondary N) is 1. The molecular weight excluding hydrogens is 316 g/mol. The Balaban J connectivity index is 0.00000144. The summed E-state index contributed by atoms with van der Waals surface area (Å²) in [5.74, 6) is 1.27. The molecule has 3 aliphatic rings. The van der Waals surface area contributed by atoms with Crippen LogP contribution in [0.1, 0.15) is 24.0 Å².